The fourth-order valence-electron chi connectivity index (χ4n) is 2.94. The number of amides is 1. The molecule has 0 saturated carbocycles. The van der Waals surface area contributed by atoms with Crippen LogP contribution < -0.4 is 0 Å². The van der Waals surface area contributed by atoms with Gasteiger partial charge in [0.25, 0.3) is 0 Å². The van der Waals surface area contributed by atoms with Crippen molar-refractivity contribution in [3.05, 3.63) is 35.7 Å². The minimum absolute atomic E-state index is 0.0685. The number of hydrogen-bond acceptors (Lipinski definition) is 3. The van der Waals surface area contributed by atoms with E-state index in [2.05, 4.69) is 15.1 Å². The van der Waals surface area contributed by atoms with Crippen LogP contribution in [0.4, 0.5) is 13.2 Å². The molecule has 0 aliphatic carbocycles. The summed E-state index contributed by atoms with van der Waals surface area (Å²) in [5.74, 6) is 0.0150. The number of aromatic amines is 1. The Morgan fingerprint density at radius 2 is 2.25 bits per heavy atom. The van der Waals surface area contributed by atoms with E-state index in [1.165, 1.54) is 0 Å². The Labute approximate surface area is 136 Å². The zero-order chi connectivity index (χ0) is 17.3. The smallest absolute Gasteiger partial charge is 0.342 e. The van der Waals surface area contributed by atoms with Crippen LogP contribution in [0.2, 0.25) is 0 Å². The number of nitrogens with zero attached hydrogens (tertiary/aromatic N) is 4. The topological polar surface area (TPSA) is 66.8 Å². The van der Waals surface area contributed by atoms with E-state index in [4.69, 9.17) is 0 Å². The third kappa shape index (κ3) is 3.60. The van der Waals surface area contributed by atoms with Gasteiger partial charge in [0.15, 0.2) is 0 Å². The molecule has 0 radical (unpaired) electrons. The number of aromatic nitrogens is 4. The Morgan fingerprint density at radius 1 is 1.46 bits per heavy atom. The molecule has 1 saturated heterocycles. The molecule has 1 unspecified atom stereocenters. The maximum atomic E-state index is 12.7. The van der Waals surface area contributed by atoms with E-state index in [1.807, 2.05) is 0 Å². The molecule has 6 nitrogen and oxygen atoms in total. The fourth-order valence-corrected chi connectivity index (χ4v) is 2.94. The van der Waals surface area contributed by atoms with Crippen molar-refractivity contribution in [1.82, 2.24) is 24.6 Å². The van der Waals surface area contributed by atoms with Crippen LogP contribution in [0.25, 0.3) is 0 Å². The van der Waals surface area contributed by atoms with Crippen molar-refractivity contribution in [2.24, 2.45) is 7.05 Å². The van der Waals surface area contributed by atoms with E-state index in [-0.39, 0.29) is 24.1 Å². The van der Waals surface area contributed by atoms with Gasteiger partial charge in [0.2, 0.25) is 5.91 Å². The summed E-state index contributed by atoms with van der Waals surface area (Å²) < 4.78 is 39.6. The van der Waals surface area contributed by atoms with Crippen molar-refractivity contribution in [1.29, 1.82) is 0 Å². The lowest BCUT2D eigenvalue weighted by atomic mass is 9.97. The van der Waals surface area contributed by atoms with E-state index in [9.17, 15) is 18.0 Å². The van der Waals surface area contributed by atoms with Gasteiger partial charge in [0.05, 0.1) is 18.3 Å². The zero-order valence-corrected chi connectivity index (χ0v) is 13.2. The van der Waals surface area contributed by atoms with Crippen molar-refractivity contribution in [2.45, 2.75) is 31.4 Å². The lowest BCUT2D eigenvalue weighted by molar-refractivity contribution is -0.141. The molecule has 0 bridgehead atoms. The van der Waals surface area contributed by atoms with E-state index >= 15 is 0 Å². The highest BCUT2D eigenvalue weighted by atomic mass is 19.4. The number of piperidine rings is 1. The van der Waals surface area contributed by atoms with E-state index in [1.54, 1.807) is 28.9 Å². The van der Waals surface area contributed by atoms with Crippen LogP contribution in [0, 0.1) is 0 Å². The first-order valence-corrected chi connectivity index (χ1v) is 7.71. The number of halogens is 3. The number of alkyl halides is 3. The summed E-state index contributed by atoms with van der Waals surface area (Å²) in [6.45, 7) is 0.978. The first-order chi connectivity index (χ1) is 11.3. The highest BCUT2D eigenvalue weighted by Gasteiger charge is 2.34. The molecule has 0 spiro atoms. The second-order valence-corrected chi connectivity index (χ2v) is 6.02. The highest BCUT2D eigenvalue weighted by molar-refractivity contribution is 5.78. The monoisotopic (exact) mass is 341 g/mol. The van der Waals surface area contributed by atoms with E-state index in [0.717, 1.165) is 12.6 Å². The maximum absolute atomic E-state index is 12.7. The molecule has 24 heavy (non-hydrogen) atoms. The zero-order valence-electron chi connectivity index (χ0n) is 13.2. The number of hydrogen-bond donors (Lipinski definition) is 1. The van der Waals surface area contributed by atoms with Gasteiger partial charge in [-0.3, -0.25) is 9.48 Å². The fraction of sp³-hybridized carbons (Fsp3) is 0.533. The summed E-state index contributed by atoms with van der Waals surface area (Å²) in [5, 5.41) is 4.18. The van der Waals surface area contributed by atoms with Crippen LogP contribution in [0.5, 0.6) is 0 Å². The largest absolute Gasteiger partial charge is 0.432 e. The van der Waals surface area contributed by atoms with Crippen molar-refractivity contribution < 1.29 is 18.0 Å². The number of rotatable bonds is 3. The molecule has 1 atom stereocenters. The quantitative estimate of drug-likeness (QED) is 0.930. The number of carbonyl (C=O) groups excluding carboxylic acids is 1. The molecule has 1 aliphatic rings. The van der Waals surface area contributed by atoms with Gasteiger partial charge in [0.1, 0.15) is 11.5 Å². The summed E-state index contributed by atoms with van der Waals surface area (Å²) in [7, 11) is 1.78. The van der Waals surface area contributed by atoms with Gasteiger partial charge in [-0.2, -0.15) is 18.3 Å². The summed E-state index contributed by atoms with van der Waals surface area (Å²) >= 11 is 0. The predicted molar refractivity (Wildman–Crippen MR) is 79.1 cm³/mol. The highest BCUT2D eigenvalue weighted by Crippen LogP contribution is 2.31. The standard InChI is InChI=1S/C15H18F3N5O/c1-22-6-4-11(21-22)7-13(24)23-5-2-3-10(9-23)14-19-8-12(20-14)15(16,17)18/h4,6,8,10H,2-3,5,7,9H2,1H3,(H,19,20). The number of imidazole rings is 1. The van der Waals surface area contributed by atoms with Crippen LogP contribution in [-0.4, -0.2) is 43.6 Å². The van der Waals surface area contributed by atoms with Gasteiger partial charge in [-0.05, 0) is 18.9 Å². The number of carbonyl (C=O) groups is 1. The molecular weight excluding hydrogens is 323 g/mol. The molecule has 1 N–H and O–H groups in total. The Balaban J connectivity index is 1.65. The molecule has 1 fully saturated rings. The second kappa shape index (κ2) is 6.29. The van der Waals surface area contributed by atoms with Gasteiger partial charge in [0, 0.05) is 32.3 Å². The maximum Gasteiger partial charge on any atom is 0.432 e. The summed E-state index contributed by atoms with van der Waals surface area (Å²) in [4.78, 5) is 20.3. The third-order valence-corrected chi connectivity index (χ3v) is 4.16. The molecular formula is C15H18F3N5O. The summed E-state index contributed by atoms with van der Waals surface area (Å²) in [6, 6.07) is 1.78. The summed E-state index contributed by atoms with van der Waals surface area (Å²) in [5.41, 5.74) is -0.170. The normalized spacial score (nSPS) is 18.8. The predicted octanol–water partition coefficient (Wildman–Crippen LogP) is 2.11. The minimum Gasteiger partial charge on any atom is -0.342 e. The first-order valence-electron chi connectivity index (χ1n) is 7.71. The average Bonchev–Trinajstić information content (AvgIpc) is 3.16. The first kappa shape index (κ1) is 16.5. The van der Waals surface area contributed by atoms with Crippen molar-refractivity contribution in [3.8, 4) is 0 Å². The number of aryl methyl sites for hydroxylation is 1. The van der Waals surface area contributed by atoms with Gasteiger partial charge in [-0.1, -0.05) is 0 Å². The van der Waals surface area contributed by atoms with Gasteiger partial charge < -0.3 is 9.88 Å². The third-order valence-electron chi connectivity index (χ3n) is 4.16. The Hall–Kier alpha value is -2.32. The average molecular weight is 341 g/mol. The molecule has 3 rings (SSSR count). The Morgan fingerprint density at radius 3 is 2.88 bits per heavy atom. The molecule has 1 aliphatic heterocycles. The Kier molecular flexibility index (Phi) is 4.33. The number of nitrogens with one attached hydrogen (secondary N) is 1. The molecule has 2 aromatic heterocycles. The lowest BCUT2D eigenvalue weighted by Gasteiger charge is -2.31. The second-order valence-electron chi connectivity index (χ2n) is 6.02. The molecule has 3 heterocycles. The van der Waals surface area contributed by atoms with Crippen LogP contribution >= 0.6 is 0 Å². The van der Waals surface area contributed by atoms with Crippen LogP contribution in [0.1, 0.15) is 36.0 Å². The van der Waals surface area contributed by atoms with Crippen LogP contribution in [0.3, 0.4) is 0 Å². The van der Waals surface area contributed by atoms with Gasteiger partial charge >= 0.3 is 6.18 Å². The van der Waals surface area contributed by atoms with E-state index in [0.29, 0.717) is 25.2 Å². The molecule has 2 aromatic rings. The minimum atomic E-state index is -4.44. The van der Waals surface area contributed by atoms with Crippen molar-refractivity contribution in [2.75, 3.05) is 13.1 Å². The SMILES string of the molecule is Cn1ccc(CC(=O)N2CCCC(c3ncc(C(F)(F)F)[nH]3)C2)n1. The number of H-pyrrole nitrogens is 1. The van der Waals surface area contributed by atoms with Gasteiger partial charge in [-0.15, -0.1) is 0 Å². The van der Waals surface area contributed by atoms with Crippen LogP contribution in [-0.2, 0) is 24.4 Å². The van der Waals surface area contributed by atoms with Crippen molar-refractivity contribution in [3.63, 3.8) is 0 Å². The van der Waals surface area contributed by atoms with E-state index < -0.39 is 11.9 Å². The summed E-state index contributed by atoms with van der Waals surface area (Å²) in [6.07, 6.45) is -0.222. The molecule has 130 valence electrons. The number of likely N-dealkylation sites (tertiary alicyclic amines) is 1. The molecule has 1 amide bonds. The molecule has 9 heteroatoms. The Bertz CT molecular complexity index is 721. The van der Waals surface area contributed by atoms with Crippen LogP contribution in [0.15, 0.2) is 18.5 Å². The molecule has 0 aromatic carbocycles. The van der Waals surface area contributed by atoms with Crippen molar-refractivity contribution >= 4 is 5.91 Å². The lowest BCUT2D eigenvalue weighted by Crippen LogP contribution is -2.40. The van der Waals surface area contributed by atoms with Gasteiger partial charge in [-0.25, -0.2) is 4.98 Å².